The van der Waals surface area contributed by atoms with Gasteiger partial charge in [0, 0.05) is 60.9 Å². The predicted molar refractivity (Wildman–Crippen MR) is 102 cm³/mol. The number of hydrogen-bond acceptors (Lipinski definition) is 5. The molecule has 2 N–H and O–H groups in total. The van der Waals surface area contributed by atoms with E-state index in [1.165, 1.54) is 5.56 Å². The first-order valence-electron chi connectivity index (χ1n) is 8.94. The Bertz CT molecular complexity index is 1160. The van der Waals surface area contributed by atoms with Crippen molar-refractivity contribution in [2.75, 3.05) is 6.54 Å². The van der Waals surface area contributed by atoms with Gasteiger partial charge in [-0.3, -0.25) is 14.7 Å². The molecule has 7 heteroatoms. The van der Waals surface area contributed by atoms with Crippen LogP contribution < -0.4 is 5.56 Å². The standard InChI is InChI=1S/C20H18N6O/c27-20-16-5-9-26(11-14-10-23-19-15(14)2-1-6-22-19)12-17(16)24-18(25-20)13-3-7-21-8-4-13/h1-4,6-8,10H,5,9,11-12H2,(H,22,23)(H,24,25,27). The molecule has 7 nitrogen and oxygen atoms in total. The van der Waals surface area contributed by atoms with Gasteiger partial charge >= 0.3 is 0 Å². The number of pyridine rings is 2. The fraction of sp³-hybridized carbons (Fsp3) is 0.200. The number of nitrogens with zero attached hydrogens (tertiary/aromatic N) is 4. The zero-order valence-electron chi connectivity index (χ0n) is 14.6. The minimum absolute atomic E-state index is 0.0391. The molecule has 1 aliphatic heterocycles. The van der Waals surface area contributed by atoms with Gasteiger partial charge in [-0.2, -0.15) is 0 Å². The molecule has 0 radical (unpaired) electrons. The van der Waals surface area contributed by atoms with Crippen LogP contribution in [0.1, 0.15) is 16.8 Å². The lowest BCUT2D eigenvalue weighted by Crippen LogP contribution is -2.35. The molecule has 5 heterocycles. The number of aromatic amines is 2. The van der Waals surface area contributed by atoms with E-state index in [-0.39, 0.29) is 5.56 Å². The number of rotatable bonds is 3. The molecule has 0 aromatic carbocycles. The molecule has 27 heavy (non-hydrogen) atoms. The summed E-state index contributed by atoms with van der Waals surface area (Å²) in [6, 6.07) is 7.73. The van der Waals surface area contributed by atoms with Gasteiger partial charge in [-0.1, -0.05) is 0 Å². The molecule has 0 fully saturated rings. The highest BCUT2D eigenvalue weighted by Gasteiger charge is 2.22. The second kappa shape index (κ2) is 6.44. The van der Waals surface area contributed by atoms with Gasteiger partial charge in [-0.15, -0.1) is 0 Å². The fourth-order valence-corrected chi connectivity index (χ4v) is 3.66. The fourth-order valence-electron chi connectivity index (χ4n) is 3.66. The predicted octanol–water partition coefficient (Wildman–Crippen LogP) is 2.27. The summed E-state index contributed by atoms with van der Waals surface area (Å²) in [6.07, 6.45) is 7.91. The van der Waals surface area contributed by atoms with Crippen LogP contribution in [-0.2, 0) is 19.5 Å². The number of hydrogen-bond donors (Lipinski definition) is 2. The van der Waals surface area contributed by atoms with Crippen molar-refractivity contribution < 1.29 is 0 Å². The Morgan fingerprint density at radius 1 is 1.15 bits per heavy atom. The van der Waals surface area contributed by atoms with E-state index in [1.807, 2.05) is 24.4 Å². The van der Waals surface area contributed by atoms with Gasteiger partial charge in [-0.25, -0.2) is 9.97 Å². The van der Waals surface area contributed by atoms with Crippen LogP contribution in [0.25, 0.3) is 22.4 Å². The van der Waals surface area contributed by atoms with Crippen LogP contribution >= 0.6 is 0 Å². The van der Waals surface area contributed by atoms with E-state index in [4.69, 9.17) is 4.98 Å². The van der Waals surface area contributed by atoms with Gasteiger partial charge in [0.15, 0.2) is 0 Å². The molecule has 0 saturated heterocycles. The average Bonchev–Trinajstić information content (AvgIpc) is 3.11. The van der Waals surface area contributed by atoms with E-state index in [1.54, 1.807) is 18.6 Å². The Kier molecular flexibility index (Phi) is 3.79. The summed E-state index contributed by atoms with van der Waals surface area (Å²) in [5.41, 5.74) is 4.59. The molecule has 134 valence electrons. The molecule has 4 aromatic rings. The summed E-state index contributed by atoms with van der Waals surface area (Å²) < 4.78 is 0. The summed E-state index contributed by atoms with van der Waals surface area (Å²) >= 11 is 0. The quantitative estimate of drug-likeness (QED) is 0.586. The number of fused-ring (bicyclic) bond motifs is 2. The summed E-state index contributed by atoms with van der Waals surface area (Å²) in [6.45, 7) is 2.29. The van der Waals surface area contributed by atoms with E-state index >= 15 is 0 Å². The van der Waals surface area contributed by atoms with E-state index in [0.29, 0.717) is 18.8 Å². The highest BCUT2D eigenvalue weighted by molar-refractivity contribution is 5.79. The van der Waals surface area contributed by atoms with Crippen LogP contribution in [0.5, 0.6) is 0 Å². The third-order valence-corrected chi connectivity index (χ3v) is 5.04. The molecule has 0 spiro atoms. The highest BCUT2D eigenvalue weighted by Crippen LogP contribution is 2.22. The monoisotopic (exact) mass is 358 g/mol. The van der Waals surface area contributed by atoms with Crippen LogP contribution in [0.15, 0.2) is 53.8 Å². The first-order chi connectivity index (χ1) is 13.3. The smallest absolute Gasteiger partial charge is 0.254 e. The SMILES string of the molecule is O=c1[nH]c(-c2ccncc2)nc2c1CCN(Cc1c[nH]c3ncccc13)C2. The Labute approximate surface area is 155 Å². The van der Waals surface area contributed by atoms with Crippen LogP contribution in [0.4, 0.5) is 0 Å². The second-order valence-electron chi connectivity index (χ2n) is 6.75. The van der Waals surface area contributed by atoms with E-state index in [2.05, 4.69) is 30.9 Å². The average molecular weight is 358 g/mol. The zero-order chi connectivity index (χ0) is 18.2. The van der Waals surface area contributed by atoms with Crippen LogP contribution in [0, 0.1) is 0 Å². The molecule has 5 rings (SSSR count). The maximum absolute atomic E-state index is 12.5. The molecule has 0 atom stereocenters. The number of aromatic nitrogens is 5. The first-order valence-corrected chi connectivity index (χ1v) is 8.94. The van der Waals surface area contributed by atoms with Crippen molar-refractivity contribution in [2.24, 2.45) is 0 Å². The molecule has 4 aromatic heterocycles. The lowest BCUT2D eigenvalue weighted by atomic mass is 10.1. The topological polar surface area (TPSA) is 90.6 Å². The largest absolute Gasteiger partial charge is 0.346 e. The molecule has 0 saturated carbocycles. The summed E-state index contributed by atoms with van der Waals surface area (Å²) in [4.78, 5) is 34.1. The van der Waals surface area contributed by atoms with E-state index < -0.39 is 0 Å². The van der Waals surface area contributed by atoms with Crippen molar-refractivity contribution in [1.29, 1.82) is 0 Å². The Morgan fingerprint density at radius 2 is 2.04 bits per heavy atom. The molecule has 0 aliphatic carbocycles. The van der Waals surface area contributed by atoms with Gasteiger partial charge in [0.2, 0.25) is 0 Å². The third-order valence-electron chi connectivity index (χ3n) is 5.04. The Hall–Kier alpha value is -3.32. The molecular weight excluding hydrogens is 340 g/mol. The molecular formula is C20H18N6O. The van der Waals surface area contributed by atoms with Crippen LogP contribution in [0.2, 0.25) is 0 Å². The van der Waals surface area contributed by atoms with Gasteiger partial charge < -0.3 is 9.97 Å². The Morgan fingerprint density at radius 3 is 2.93 bits per heavy atom. The Balaban J connectivity index is 1.45. The van der Waals surface area contributed by atoms with Crippen LogP contribution in [-0.4, -0.2) is 36.4 Å². The van der Waals surface area contributed by atoms with Crippen molar-refractivity contribution in [3.8, 4) is 11.4 Å². The van der Waals surface area contributed by atoms with Gasteiger partial charge in [0.25, 0.3) is 5.56 Å². The van der Waals surface area contributed by atoms with Gasteiger partial charge in [0.05, 0.1) is 5.69 Å². The lowest BCUT2D eigenvalue weighted by molar-refractivity contribution is 0.241. The molecule has 0 unspecified atom stereocenters. The highest BCUT2D eigenvalue weighted by atomic mass is 16.1. The van der Waals surface area contributed by atoms with Crippen molar-refractivity contribution in [3.63, 3.8) is 0 Å². The maximum atomic E-state index is 12.5. The van der Waals surface area contributed by atoms with Gasteiger partial charge in [-0.05, 0) is 36.2 Å². The first kappa shape index (κ1) is 15.9. The van der Waals surface area contributed by atoms with E-state index in [0.717, 1.165) is 40.9 Å². The maximum Gasteiger partial charge on any atom is 0.254 e. The number of H-pyrrole nitrogens is 2. The minimum Gasteiger partial charge on any atom is -0.346 e. The molecule has 0 amide bonds. The van der Waals surface area contributed by atoms with Gasteiger partial charge in [0.1, 0.15) is 11.5 Å². The summed E-state index contributed by atoms with van der Waals surface area (Å²) in [5, 5.41) is 1.14. The van der Waals surface area contributed by atoms with Crippen molar-refractivity contribution in [3.05, 3.63) is 76.2 Å². The lowest BCUT2D eigenvalue weighted by Gasteiger charge is -2.27. The van der Waals surface area contributed by atoms with Crippen molar-refractivity contribution in [2.45, 2.75) is 19.5 Å². The summed E-state index contributed by atoms with van der Waals surface area (Å²) in [5.74, 6) is 0.597. The van der Waals surface area contributed by atoms with Crippen molar-refractivity contribution >= 4 is 11.0 Å². The zero-order valence-corrected chi connectivity index (χ0v) is 14.6. The normalized spacial score (nSPS) is 14.4. The van der Waals surface area contributed by atoms with Crippen LogP contribution in [0.3, 0.4) is 0 Å². The number of nitrogens with one attached hydrogen (secondary N) is 2. The third kappa shape index (κ3) is 2.92. The minimum atomic E-state index is -0.0391. The van der Waals surface area contributed by atoms with E-state index in [9.17, 15) is 4.79 Å². The molecule has 0 bridgehead atoms. The second-order valence-corrected chi connectivity index (χ2v) is 6.75. The molecule has 1 aliphatic rings. The van der Waals surface area contributed by atoms with Crippen molar-refractivity contribution in [1.82, 2.24) is 29.8 Å². The summed E-state index contributed by atoms with van der Waals surface area (Å²) in [7, 11) is 0.